The number of hydrogen-bond donors (Lipinski definition) is 0. The van der Waals surface area contributed by atoms with E-state index in [9.17, 15) is 0 Å². The minimum absolute atomic E-state index is 1.13. The quantitative estimate of drug-likeness (QED) is 0.159. The van der Waals surface area contributed by atoms with Crippen LogP contribution in [0, 0.1) is 0 Å². The Morgan fingerprint density at radius 2 is 0.833 bits per heavy atom. The molecule has 12 aromatic carbocycles. The van der Waals surface area contributed by atoms with Gasteiger partial charge in [0.25, 0.3) is 0 Å². The normalized spacial score (nSPS) is 12.0. The van der Waals surface area contributed by atoms with Crippen molar-refractivity contribution in [3.05, 3.63) is 218 Å². The molecule has 2 nitrogen and oxygen atoms in total. The zero-order valence-electron chi connectivity index (χ0n) is 32.7. The Bertz CT molecular complexity index is 3770. The van der Waals surface area contributed by atoms with Crippen molar-refractivity contribution in [2.45, 2.75) is 0 Å². The summed E-state index contributed by atoms with van der Waals surface area (Å²) in [6.07, 6.45) is 0. The average molecular weight is 761 g/mol. The van der Waals surface area contributed by atoms with Crippen LogP contribution in [0.15, 0.2) is 218 Å². The lowest BCUT2D eigenvalue weighted by Gasteiger charge is -2.28. The van der Waals surface area contributed by atoms with Crippen molar-refractivity contribution < 1.29 is 0 Å². The molecule has 0 aliphatic heterocycles. The summed E-state index contributed by atoms with van der Waals surface area (Å²) in [6.45, 7) is 0. The zero-order chi connectivity index (χ0) is 39.3. The maximum Gasteiger partial charge on any atom is 0.0620 e. The lowest BCUT2D eigenvalue weighted by atomic mass is 9.85. The van der Waals surface area contributed by atoms with Gasteiger partial charge in [-0.3, -0.25) is 0 Å². The van der Waals surface area contributed by atoms with E-state index in [1.807, 2.05) is 0 Å². The van der Waals surface area contributed by atoms with Gasteiger partial charge in [-0.05, 0) is 126 Å². The highest BCUT2D eigenvalue weighted by molar-refractivity contribution is 6.34. The number of rotatable bonds is 5. The molecule has 0 spiro atoms. The van der Waals surface area contributed by atoms with E-state index in [1.54, 1.807) is 0 Å². The van der Waals surface area contributed by atoms with Gasteiger partial charge < -0.3 is 9.47 Å². The molecule has 0 atom stereocenters. The second-order valence-electron chi connectivity index (χ2n) is 16.0. The molecule has 1 heterocycles. The topological polar surface area (TPSA) is 8.17 Å². The molecule has 0 aliphatic carbocycles. The van der Waals surface area contributed by atoms with E-state index >= 15 is 0 Å². The third-order valence-electron chi connectivity index (χ3n) is 12.8. The molecule has 278 valence electrons. The van der Waals surface area contributed by atoms with Gasteiger partial charge in [-0.1, -0.05) is 158 Å². The number of anilines is 3. The van der Waals surface area contributed by atoms with Crippen molar-refractivity contribution >= 4 is 104 Å². The first-order valence-electron chi connectivity index (χ1n) is 20.8. The molecule has 13 aromatic rings. The Morgan fingerprint density at radius 3 is 1.57 bits per heavy atom. The largest absolute Gasteiger partial charge is 0.310 e. The minimum atomic E-state index is 1.13. The SMILES string of the molecule is c1ccc(N(c2ccccc2)c2cc3c4ccccc4c(-c4ccc5ccc6cc7c8ccccc8n(-c8ccccc8)c7c7ccc4c5c67)cc3c3ccccc23)cc1. The fraction of sp³-hybridized carbons (Fsp3) is 0. The molecule has 2 heteroatoms. The lowest BCUT2D eigenvalue weighted by Crippen LogP contribution is -2.10. The Morgan fingerprint density at radius 1 is 0.300 bits per heavy atom. The standard InChI is InChI=1S/C58H36N2/c1-4-16-39(17-5-1)59(40-18-6-2-7-19-40)55-36-52-43-23-11-10-22-42(43)50(35-51(52)44-24-12-13-25-46(44)55)45-31-30-37-28-29-38-34-53-47-26-14-15-27-54(47)60(41-20-8-3-9-21-41)58(53)49-33-32-48(45)56(37)57(38)49/h1-36H. The molecular formula is C58H36N2. The first-order valence-corrected chi connectivity index (χ1v) is 20.8. The van der Waals surface area contributed by atoms with E-state index in [-0.39, 0.29) is 0 Å². The maximum atomic E-state index is 2.47. The molecule has 0 amide bonds. The van der Waals surface area contributed by atoms with Gasteiger partial charge in [0.05, 0.1) is 16.7 Å². The first kappa shape index (κ1) is 33.1. The monoisotopic (exact) mass is 760 g/mol. The van der Waals surface area contributed by atoms with E-state index in [2.05, 4.69) is 228 Å². The number of hydrogen-bond acceptors (Lipinski definition) is 1. The molecule has 0 unspecified atom stereocenters. The van der Waals surface area contributed by atoms with Gasteiger partial charge in [0.1, 0.15) is 0 Å². The molecule has 60 heavy (non-hydrogen) atoms. The molecule has 0 bridgehead atoms. The molecule has 0 saturated carbocycles. The molecular weight excluding hydrogens is 725 g/mol. The smallest absolute Gasteiger partial charge is 0.0620 e. The fourth-order valence-electron chi connectivity index (χ4n) is 10.3. The van der Waals surface area contributed by atoms with E-state index in [1.165, 1.54) is 103 Å². The van der Waals surface area contributed by atoms with Gasteiger partial charge in [0.15, 0.2) is 0 Å². The van der Waals surface area contributed by atoms with E-state index in [4.69, 9.17) is 0 Å². The lowest BCUT2D eigenvalue weighted by molar-refractivity contribution is 1.19. The maximum absolute atomic E-state index is 2.47. The van der Waals surface area contributed by atoms with Gasteiger partial charge in [-0.2, -0.15) is 0 Å². The molecule has 1 aromatic heterocycles. The van der Waals surface area contributed by atoms with Crippen LogP contribution in [0.4, 0.5) is 17.1 Å². The predicted octanol–water partition coefficient (Wildman–Crippen LogP) is 16.3. The number of aromatic nitrogens is 1. The molecule has 0 aliphatic rings. The van der Waals surface area contributed by atoms with Gasteiger partial charge in [0.2, 0.25) is 0 Å². The van der Waals surface area contributed by atoms with Crippen LogP contribution in [0.25, 0.3) is 103 Å². The fourth-order valence-corrected chi connectivity index (χ4v) is 10.3. The van der Waals surface area contributed by atoms with Crippen molar-refractivity contribution in [1.82, 2.24) is 4.57 Å². The van der Waals surface area contributed by atoms with Crippen molar-refractivity contribution in [2.75, 3.05) is 4.90 Å². The highest BCUT2D eigenvalue weighted by Crippen LogP contribution is 2.49. The van der Waals surface area contributed by atoms with Gasteiger partial charge in [-0.25, -0.2) is 0 Å². The van der Waals surface area contributed by atoms with Crippen molar-refractivity contribution in [3.63, 3.8) is 0 Å². The third kappa shape index (κ3) is 4.70. The number of nitrogens with zero attached hydrogens (tertiary/aromatic N) is 2. The highest BCUT2D eigenvalue weighted by atomic mass is 15.1. The first-order chi connectivity index (χ1) is 29.8. The average Bonchev–Trinajstić information content (AvgIpc) is 3.66. The second kappa shape index (κ2) is 12.8. The summed E-state index contributed by atoms with van der Waals surface area (Å²) in [5, 5.41) is 17.7. The molecule has 0 N–H and O–H groups in total. The van der Waals surface area contributed by atoms with Crippen LogP contribution in [0.1, 0.15) is 0 Å². The van der Waals surface area contributed by atoms with Crippen molar-refractivity contribution in [2.24, 2.45) is 0 Å². The van der Waals surface area contributed by atoms with Gasteiger partial charge in [-0.15, -0.1) is 0 Å². The van der Waals surface area contributed by atoms with E-state index in [0.717, 1.165) is 17.1 Å². The third-order valence-corrected chi connectivity index (χ3v) is 12.8. The predicted molar refractivity (Wildman–Crippen MR) is 257 cm³/mol. The molecule has 0 saturated heterocycles. The van der Waals surface area contributed by atoms with Gasteiger partial charge >= 0.3 is 0 Å². The summed E-state index contributed by atoms with van der Waals surface area (Å²) in [5.41, 5.74) is 9.58. The van der Waals surface area contributed by atoms with Gasteiger partial charge in [0, 0.05) is 38.6 Å². The number of benzene rings is 12. The summed E-state index contributed by atoms with van der Waals surface area (Å²) in [5.74, 6) is 0. The summed E-state index contributed by atoms with van der Waals surface area (Å²) in [7, 11) is 0. The second-order valence-corrected chi connectivity index (χ2v) is 16.0. The Balaban J connectivity index is 1.11. The van der Waals surface area contributed by atoms with Crippen LogP contribution < -0.4 is 4.90 Å². The highest BCUT2D eigenvalue weighted by Gasteiger charge is 2.22. The molecule has 0 fully saturated rings. The van der Waals surface area contributed by atoms with Crippen LogP contribution >= 0.6 is 0 Å². The number of para-hydroxylation sites is 4. The summed E-state index contributed by atoms with van der Waals surface area (Å²) < 4.78 is 2.46. The van der Waals surface area contributed by atoms with Crippen molar-refractivity contribution in [1.29, 1.82) is 0 Å². The van der Waals surface area contributed by atoms with Crippen LogP contribution in [0.2, 0.25) is 0 Å². The zero-order valence-corrected chi connectivity index (χ0v) is 32.7. The van der Waals surface area contributed by atoms with E-state index in [0.29, 0.717) is 0 Å². The Labute approximate surface area is 346 Å². The molecule has 0 radical (unpaired) electrons. The summed E-state index contributed by atoms with van der Waals surface area (Å²) >= 11 is 0. The molecule has 13 rings (SSSR count). The Kier molecular flexibility index (Phi) is 7.05. The van der Waals surface area contributed by atoms with Crippen LogP contribution in [0.3, 0.4) is 0 Å². The Hall–Kier alpha value is -7.94. The minimum Gasteiger partial charge on any atom is -0.310 e. The summed E-state index contributed by atoms with van der Waals surface area (Å²) in [6, 6.07) is 80.5. The van der Waals surface area contributed by atoms with Crippen LogP contribution in [-0.2, 0) is 0 Å². The van der Waals surface area contributed by atoms with E-state index < -0.39 is 0 Å². The number of fused-ring (bicyclic) bond motifs is 9. The van der Waals surface area contributed by atoms with Crippen molar-refractivity contribution in [3.8, 4) is 16.8 Å². The van der Waals surface area contributed by atoms with Crippen LogP contribution in [0.5, 0.6) is 0 Å². The summed E-state index contributed by atoms with van der Waals surface area (Å²) in [4.78, 5) is 2.40. The van der Waals surface area contributed by atoms with Crippen LogP contribution in [-0.4, -0.2) is 4.57 Å².